The van der Waals surface area contributed by atoms with E-state index in [-0.39, 0.29) is 17.8 Å². The number of carboxylic acid groups (broad SMARTS) is 1. The highest BCUT2D eigenvalue weighted by atomic mass is 16.5. The number of para-hydroxylation sites is 1. The number of hydrogen-bond acceptors (Lipinski definition) is 5. The molecule has 0 saturated carbocycles. The molecule has 2 N–H and O–H groups in total. The van der Waals surface area contributed by atoms with Crippen LogP contribution in [0.5, 0.6) is 5.75 Å². The predicted molar refractivity (Wildman–Crippen MR) is 155 cm³/mol. The zero-order chi connectivity index (χ0) is 29.0. The number of rotatable bonds is 6. The Morgan fingerprint density at radius 2 is 1.82 bits per heavy atom. The van der Waals surface area contributed by atoms with E-state index in [9.17, 15) is 14.7 Å². The Morgan fingerprint density at radius 3 is 2.48 bits per heavy atom. The topological polar surface area (TPSA) is 110 Å². The Kier molecular flexibility index (Phi) is 8.10. The lowest BCUT2D eigenvalue weighted by Crippen LogP contribution is -2.48. The second-order valence-electron chi connectivity index (χ2n) is 10.7. The normalized spacial score (nSPS) is 11.8. The van der Waals surface area contributed by atoms with E-state index >= 15 is 0 Å². The largest absolute Gasteiger partial charge is 0.493 e. The first-order valence-corrected chi connectivity index (χ1v) is 12.9. The summed E-state index contributed by atoms with van der Waals surface area (Å²) >= 11 is 0. The Hall–Kier alpha value is -4.84. The van der Waals surface area contributed by atoms with Crippen LogP contribution in [-0.4, -0.2) is 56.5 Å². The molecule has 1 atom stereocenters. The van der Waals surface area contributed by atoms with Gasteiger partial charge in [-0.15, -0.1) is 0 Å². The maximum Gasteiger partial charge on any atom is 0.407 e. The number of aromatic nitrogens is 3. The molecule has 0 aliphatic rings. The predicted octanol–water partition coefficient (Wildman–Crippen LogP) is 5.40. The number of ether oxygens (including phenoxy) is 1. The van der Waals surface area contributed by atoms with Crippen molar-refractivity contribution in [1.82, 2.24) is 19.7 Å². The molecule has 1 unspecified atom stereocenters. The van der Waals surface area contributed by atoms with Crippen molar-refractivity contribution >= 4 is 28.7 Å². The van der Waals surface area contributed by atoms with Crippen LogP contribution in [0, 0.1) is 17.3 Å². The minimum absolute atomic E-state index is 0.189. The first kappa shape index (κ1) is 28.2. The third kappa shape index (κ3) is 6.24. The second kappa shape index (κ2) is 11.5. The van der Waals surface area contributed by atoms with Crippen molar-refractivity contribution in [2.45, 2.75) is 33.7 Å². The monoisotopic (exact) mass is 539 g/mol. The number of nitrogens with one attached hydrogen (secondary N) is 1. The first-order valence-electron chi connectivity index (χ1n) is 12.9. The summed E-state index contributed by atoms with van der Waals surface area (Å²) in [6, 6.07) is 16.1. The minimum atomic E-state index is -1.17. The van der Waals surface area contributed by atoms with Gasteiger partial charge in [-0.2, -0.15) is 5.10 Å². The molecule has 2 heterocycles. The van der Waals surface area contributed by atoms with Crippen molar-refractivity contribution in [3.63, 3.8) is 0 Å². The fraction of sp³-hybridized carbons (Fsp3) is 0.290. The number of nitrogens with zero attached hydrogens (tertiary/aromatic N) is 4. The number of carbonyl (C=O) groups is 2. The third-order valence-electron chi connectivity index (χ3n) is 6.32. The van der Waals surface area contributed by atoms with Crippen molar-refractivity contribution in [3.05, 3.63) is 72.1 Å². The highest BCUT2D eigenvalue weighted by molar-refractivity contribution is 5.99. The van der Waals surface area contributed by atoms with Crippen LogP contribution in [0.2, 0.25) is 0 Å². The van der Waals surface area contributed by atoms with Crippen molar-refractivity contribution < 1.29 is 19.4 Å². The number of amides is 2. The number of aryl methyl sites for hydroxylation is 1. The lowest BCUT2D eigenvalue weighted by molar-refractivity contribution is -0.120. The number of fused-ring (bicyclic) bond motifs is 1. The summed E-state index contributed by atoms with van der Waals surface area (Å²) in [4.78, 5) is 31.1. The average molecular weight is 540 g/mol. The highest BCUT2D eigenvalue weighted by Gasteiger charge is 2.30. The van der Waals surface area contributed by atoms with E-state index in [1.807, 2.05) is 76.3 Å². The van der Waals surface area contributed by atoms with Gasteiger partial charge in [0.2, 0.25) is 5.91 Å². The fourth-order valence-electron chi connectivity index (χ4n) is 4.45. The van der Waals surface area contributed by atoms with Gasteiger partial charge in [-0.25, -0.2) is 9.78 Å². The molecule has 9 nitrogen and oxygen atoms in total. The summed E-state index contributed by atoms with van der Waals surface area (Å²) in [6.45, 7) is 7.51. The number of methoxy groups -OCH3 is 1. The third-order valence-corrected chi connectivity index (χ3v) is 6.32. The SMILES string of the molecule is COc1c(-c2cccc3cnn(C)c23)cc(NC(=O)C(C)N(CC(C)(C)C)C(=O)O)nc1C#Cc1ccccc1. The standard InChI is InChI=1S/C31H33N5O4/c1-20(36(30(38)39)19-31(2,3)4)29(37)34-26-17-24(23-14-10-13-22-18-32-35(5)27(22)23)28(40-6)25(33-26)16-15-21-11-8-7-9-12-21/h7-14,17-18,20H,19H2,1-6H3,(H,38,39)(H,33,34,37). The summed E-state index contributed by atoms with van der Waals surface area (Å²) < 4.78 is 7.60. The molecule has 0 spiro atoms. The molecule has 206 valence electrons. The molecule has 9 heteroatoms. The van der Waals surface area contributed by atoms with Crippen molar-refractivity contribution in [2.24, 2.45) is 12.5 Å². The maximum absolute atomic E-state index is 13.3. The molecule has 4 aromatic rings. The number of anilines is 1. The van der Waals surface area contributed by atoms with Crippen LogP contribution in [0.3, 0.4) is 0 Å². The molecule has 0 fully saturated rings. The number of carbonyl (C=O) groups excluding carboxylic acids is 1. The molecule has 4 rings (SSSR count). The quantitative estimate of drug-likeness (QED) is 0.318. The van der Waals surface area contributed by atoms with Gasteiger partial charge in [-0.3, -0.25) is 14.4 Å². The Labute approximate surface area is 233 Å². The van der Waals surface area contributed by atoms with Crippen molar-refractivity contribution in [3.8, 4) is 28.7 Å². The molecule has 0 saturated heterocycles. The molecular formula is C31H33N5O4. The van der Waals surface area contributed by atoms with Gasteiger partial charge in [0.05, 0.1) is 18.8 Å². The zero-order valence-corrected chi connectivity index (χ0v) is 23.5. The van der Waals surface area contributed by atoms with Crippen LogP contribution < -0.4 is 10.1 Å². The van der Waals surface area contributed by atoms with E-state index in [0.29, 0.717) is 17.0 Å². The van der Waals surface area contributed by atoms with Gasteiger partial charge in [-0.05, 0) is 36.5 Å². The molecule has 0 bridgehead atoms. The van der Waals surface area contributed by atoms with Gasteiger partial charge in [0, 0.05) is 35.7 Å². The highest BCUT2D eigenvalue weighted by Crippen LogP contribution is 2.38. The van der Waals surface area contributed by atoms with Gasteiger partial charge in [-0.1, -0.05) is 63.1 Å². The summed E-state index contributed by atoms with van der Waals surface area (Å²) in [6.07, 6.45) is 0.612. The summed E-state index contributed by atoms with van der Waals surface area (Å²) in [5.74, 6) is 6.38. The maximum atomic E-state index is 13.3. The molecule has 40 heavy (non-hydrogen) atoms. The molecular weight excluding hydrogens is 506 g/mol. The van der Waals surface area contributed by atoms with Gasteiger partial charge < -0.3 is 15.2 Å². The van der Waals surface area contributed by atoms with E-state index in [1.54, 1.807) is 31.0 Å². The summed E-state index contributed by atoms with van der Waals surface area (Å²) in [5.41, 5.74) is 3.15. The Bertz CT molecular complexity index is 1610. The van der Waals surface area contributed by atoms with Crippen LogP contribution in [-0.2, 0) is 11.8 Å². The molecule has 0 aliphatic carbocycles. The number of benzene rings is 2. The van der Waals surface area contributed by atoms with E-state index < -0.39 is 18.0 Å². The van der Waals surface area contributed by atoms with Crippen LogP contribution in [0.25, 0.3) is 22.0 Å². The lowest BCUT2D eigenvalue weighted by Gasteiger charge is -2.31. The zero-order valence-electron chi connectivity index (χ0n) is 23.5. The minimum Gasteiger partial charge on any atom is -0.493 e. The number of pyridine rings is 1. The van der Waals surface area contributed by atoms with Crippen molar-refractivity contribution in [1.29, 1.82) is 0 Å². The van der Waals surface area contributed by atoms with Gasteiger partial charge >= 0.3 is 6.09 Å². The van der Waals surface area contributed by atoms with Crippen LogP contribution in [0.4, 0.5) is 10.6 Å². The average Bonchev–Trinajstić information content (AvgIpc) is 3.30. The van der Waals surface area contributed by atoms with Gasteiger partial charge in [0.15, 0.2) is 11.4 Å². The van der Waals surface area contributed by atoms with E-state index in [0.717, 1.165) is 26.9 Å². The van der Waals surface area contributed by atoms with Crippen molar-refractivity contribution in [2.75, 3.05) is 19.0 Å². The number of hydrogen-bond donors (Lipinski definition) is 2. The summed E-state index contributed by atoms with van der Waals surface area (Å²) in [7, 11) is 3.41. The second-order valence-corrected chi connectivity index (χ2v) is 10.7. The molecule has 0 aliphatic heterocycles. The first-order chi connectivity index (χ1) is 19.0. The van der Waals surface area contributed by atoms with E-state index in [2.05, 4.69) is 27.2 Å². The van der Waals surface area contributed by atoms with Gasteiger partial charge in [0.1, 0.15) is 11.9 Å². The molecule has 2 amide bonds. The lowest BCUT2D eigenvalue weighted by atomic mass is 9.95. The Balaban J connectivity index is 1.83. The fourth-order valence-corrected chi connectivity index (χ4v) is 4.45. The molecule has 2 aromatic carbocycles. The molecule has 2 aromatic heterocycles. The Morgan fingerprint density at radius 1 is 1.10 bits per heavy atom. The smallest absolute Gasteiger partial charge is 0.407 e. The van der Waals surface area contributed by atoms with E-state index in [1.165, 1.54) is 0 Å². The summed E-state index contributed by atoms with van der Waals surface area (Å²) in [5, 5.41) is 18.0. The molecule has 0 radical (unpaired) electrons. The van der Waals surface area contributed by atoms with Crippen LogP contribution in [0.1, 0.15) is 39.0 Å². The van der Waals surface area contributed by atoms with Crippen LogP contribution in [0.15, 0.2) is 60.8 Å². The van der Waals surface area contributed by atoms with Crippen LogP contribution >= 0.6 is 0 Å². The van der Waals surface area contributed by atoms with Gasteiger partial charge in [0.25, 0.3) is 0 Å². The van der Waals surface area contributed by atoms with E-state index in [4.69, 9.17) is 4.74 Å².